The first-order valence-corrected chi connectivity index (χ1v) is 7.16. The molecule has 0 heterocycles. The number of carbonyl (C=O) groups is 2. The van der Waals surface area contributed by atoms with Gasteiger partial charge in [0.05, 0.1) is 18.9 Å². The molecule has 0 amide bonds. The number of benzene rings is 2. The summed E-state index contributed by atoms with van der Waals surface area (Å²) in [5.41, 5.74) is 1.26. The Morgan fingerprint density at radius 3 is 2.42 bits per heavy atom. The number of hydrogen-bond acceptors (Lipinski definition) is 5. The standard InChI is InChI=1S/C18H17NO5/c1-23-18(22)15(11-17(20)21)19-14-9-5-6-10-16(14)24-12-13-7-3-2-4-8-13/h2-11,19H,12H2,1H3,(H,20,21). The average molecular weight is 327 g/mol. The number of anilines is 1. The lowest BCUT2D eigenvalue weighted by molar-refractivity contribution is -0.137. The van der Waals surface area contributed by atoms with Gasteiger partial charge in [0.15, 0.2) is 0 Å². The van der Waals surface area contributed by atoms with Gasteiger partial charge >= 0.3 is 11.9 Å². The predicted molar refractivity (Wildman–Crippen MR) is 88.6 cm³/mol. The van der Waals surface area contributed by atoms with Gasteiger partial charge in [0.25, 0.3) is 0 Å². The number of ether oxygens (including phenoxy) is 2. The number of carbonyl (C=O) groups excluding carboxylic acids is 1. The van der Waals surface area contributed by atoms with Crippen molar-refractivity contribution in [3.63, 3.8) is 0 Å². The van der Waals surface area contributed by atoms with E-state index in [1.54, 1.807) is 24.3 Å². The Hall–Kier alpha value is -3.28. The van der Waals surface area contributed by atoms with Gasteiger partial charge in [-0.3, -0.25) is 0 Å². The van der Waals surface area contributed by atoms with E-state index in [4.69, 9.17) is 9.84 Å². The van der Waals surface area contributed by atoms with E-state index in [1.807, 2.05) is 30.3 Å². The predicted octanol–water partition coefficient (Wildman–Crippen LogP) is 2.82. The summed E-state index contributed by atoms with van der Waals surface area (Å²) in [4.78, 5) is 22.5. The fraction of sp³-hybridized carbons (Fsp3) is 0.111. The molecule has 0 aliphatic rings. The highest BCUT2D eigenvalue weighted by molar-refractivity contribution is 5.98. The SMILES string of the molecule is COC(=O)C(=CC(=O)O)Nc1ccccc1OCc1ccccc1. The smallest absolute Gasteiger partial charge is 0.354 e. The first kappa shape index (κ1) is 17.1. The van der Waals surface area contributed by atoms with Crippen LogP contribution in [-0.4, -0.2) is 24.2 Å². The van der Waals surface area contributed by atoms with Gasteiger partial charge < -0.3 is 19.9 Å². The molecule has 0 saturated carbocycles. The van der Waals surface area contributed by atoms with E-state index < -0.39 is 11.9 Å². The molecule has 0 unspecified atom stereocenters. The molecule has 124 valence electrons. The second kappa shape index (κ2) is 8.38. The van der Waals surface area contributed by atoms with E-state index in [0.717, 1.165) is 11.6 Å². The summed E-state index contributed by atoms with van der Waals surface area (Å²) >= 11 is 0. The van der Waals surface area contributed by atoms with Gasteiger partial charge in [-0.2, -0.15) is 0 Å². The molecule has 2 N–H and O–H groups in total. The minimum atomic E-state index is -1.26. The topological polar surface area (TPSA) is 84.9 Å². The quantitative estimate of drug-likeness (QED) is 0.601. The summed E-state index contributed by atoms with van der Waals surface area (Å²) in [6.45, 7) is 0.343. The number of methoxy groups -OCH3 is 1. The van der Waals surface area contributed by atoms with Crippen LogP contribution in [-0.2, 0) is 20.9 Å². The van der Waals surface area contributed by atoms with E-state index >= 15 is 0 Å². The van der Waals surface area contributed by atoms with Crippen LogP contribution in [0.1, 0.15) is 5.56 Å². The van der Waals surface area contributed by atoms with Crippen molar-refractivity contribution in [3.05, 3.63) is 71.9 Å². The van der Waals surface area contributed by atoms with Crippen LogP contribution in [0.25, 0.3) is 0 Å². The van der Waals surface area contributed by atoms with Crippen LogP contribution in [0.4, 0.5) is 5.69 Å². The zero-order valence-electron chi connectivity index (χ0n) is 13.1. The Morgan fingerprint density at radius 2 is 1.75 bits per heavy atom. The van der Waals surface area contributed by atoms with E-state index in [0.29, 0.717) is 18.0 Å². The molecule has 24 heavy (non-hydrogen) atoms. The average Bonchev–Trinajstić information content (AvgIpc) is 2.60. The van der Waals surface area contributed by atoms with Crippen molar-refractivity contribution in [2.75, 3.05) is 12.4 Å². The van der Waals surface area contributed by atoms with Crippen LogP contribution in [0.2, 0.25) is 0 Å². The first-order valence-electron chi connectivity index (χ1n) is 7.16. The molecule has 2 aromatic rings. The van der Waals surface area contributed by atoms with Gasteiger partial charge in [-0.05, 0) is 17.7 Å². The maximum atomic E-state index is 11.7. The minimum absolute atomic E-state index is 0.194. The van der Waals surface area contributed by atoms with Crippen molar-refractivity contribution < 1.29 is 24.2 Å². The third-order valence-electron chi connectivity index (χ3n) is 3.07. The number of para-hydroxylation sites is 2. The van der Waals surface area contributed by atoms with Crippen molar-refractivity contribution in [1.29, 1.82) is 0 Å². The fourth-order valence-corrected chi connectivity index (χ4v) is 1.96. The number of carboxylic acid groups (broad SMARTS) is 1. The largest absolute Gasteiger partial charge is 0.487 e. The van der Waals surface area contributed by atoms with Crippen LogP contribution in [0.5, 0.6) is 5.75 Å². The molecule has 6 heteroatoms. The summed E-state index contributed by atoms with van der Waals surface area (Å²) in [6, 6.07) is 16.5. The molecular formula is C18H17NO5. The van der Waals surface area contributed by atoms with Gasteiger partial charge in [0, 0.05) is 0 Å². The van der Waals surface area contributed by atoms with Gasteiger partial charge in [0.1, 0.15) is 18.1 Å². The Bertz CT molecular complexity index is 740. The Labute approximate surface area is 139 Å². The van der Waals surface area contributed by atoms with Gasteiger partial charge in [0.2, 0.25) is 0 Å². The molecule has 0 fully saturated rings. The highest BCUT2D eigenvalue weighted by Crippen LogP contribution is 2.26. The number of nitrogens with one attached hydrogen (secondary N) is 1. The molecular weight excluding hydrogens is 310 g/mol. The van der Waals surface area contributed by atoms with Crippen LogP contribution in [0, 0.1) is 0 Å². The molecule has 0 aromatic heterocycles. The van der Waals surface area contributed by atoms with E-state index in [-0.39, 0.29) is 5.70 Å². The highest BCUT2D eigenvalue weighted by Gasteiger charge is 2.14. The number of aliphatic carboxylic acids is 1. The summed E-state index contributed by atoms with van der Waals surface area (Å²) in [7, 11) is 1.18. The van der Waals surface area contributed by atoms with Gasteiger partial charge in [-0.1, -0.05) is 42.5 Å². The van der Waals surface area contributed by atoms with Gasteiger partial charge in [-0.25, -0.2) is 9.59 Å². The first-order chi connectivity index (χ1) is 11.6. The number of rotatable bonds is 7. The van der Waals surface area contributed by atoms with Crippen LogP contribution >= 0.6 is 0 Å². The number of esters is 1. The zero-order chi connectivity index (χ0) is 17.4. The van der Waals surface area contributed by atoms with Crippen molar-refractivity contribution in [3.8, 4) is 5.75 Å². The Kier molecular flexibility index (Phi) is 5.96. The van der Waals surface area contributed by atoms with Crippen LogP contribution in [0.15, 0.2) is 66.4 Å². The second-order valence-electron chi connectivity index (χ2n) is 4.78. The molecule has 0 radical (unpaired) electrons. The molecule has 0 atom stereocenters. The monoisotopic (exact) mass is 327 g/mol. The van der Waals surface area contributed by atoms with E-state index in [1.165, 1.54) is 7.11 Å². The Morgan fingerprint density at radius 1 is 1.08 bits per heavy atom. The molecule has 2 rings (SSSR count). The molecule has 0 aliphatic heterocycles. The summed E-state index contributed by atoms with van der Waals surface area (Å²) in [5.74, 6) is -1.55. The maximum Gasteiger partial charge on any atom is 0.354 e. The summed E-state index contributed by atoms with van der Waals surface area (Å²) in [5, 5.41) is 11.6. The number of hydrogen-bond donors (Lipinski definition) is 2. The normalized spacial score (nSPS) is 10.8. The molecule has 2 aromatic carbocycles. The lowest BCUT2D eigenvalue weighted by Gasteiger charge is -2.14. The minimum Gasteiger partial charge on any atom is -0.487 e. The van der Waals surface area contributed by atoms with Crippen molar-refractivity contribution in [1.82, 2.24) is 0 Å². The maximum absolute atomic E-state index is 11.7. The third-order valence-corrected chi connectivity index (χ3v) is 3.07. The summed E-state index contributed by atoms with van der Waals surface area (Å²) in [6.07, 6.45) is 0.750. The lowest BCUT2D eigenvalue weighted by Crippen LogP contribution is -2.15. The second-order valence-corrected chi connectivity index (χ2v) is 4.78. The third kappa shape index (κ3) is 4.88. The van der Waals surface area contributed by atoms with Crippen molar-refractivity contribution in [2.24, 2.45) is 0 Å². The van der Waals surface area contributed by atoms with Crippen molar-refractivity contribution in [2.45, 2.75) is 6.61 Å². The highest BCUT2D eigenvalue weighted by atomic mass is 16.5. The number of carboxylic acids is 1. The molecule has 0 bridgehead atoms. The Balaban J connectivity index is 2.18. The van der Waals surface area contributed by atoms with Crippen molar-refractivity contribution >= 4 is 17.6 Å². The van der Waals surface area contributed by atoms with Crippen LogP contribution in [0.3, 0.4) is 0 Å². The fourth-order valence-electron chi connectivity index (χ4n) is 1.96. The zero-order valence-corrected chi connectivity index (χ0v) is 13.1. The molecule has 0 saturated heterocycles. The molecule has 0 spiro atoms. The summed E-state index contributed by atoms with van der Waals surface area (Å²) < 4.78 is 10.3. The van der Waals surface area contributed by atoms with Crippen LogP contribution < -0.4 is 10.1 Å². The lowest BCUT2D eigenvalue weighted by atomic mass is 10.2. The van der Waals surface area contributed by atoms with Gasteiger partial charge in [-0.15, -0.1) is 0 Å². The molecule has 0 aliphatic carbocycles. The molecule has 6 nitrogen and oxygen atoms in total. The van der Waals surface area contributed by atoms with E-state index in [2.05, 4.69) is 10.1 Å². The van der Waals surface area contributed by atoms with E-state index in [9.17, 15) is 9.59 Å².